The van der Waals surface area contributed by atoms with Gasteiger partial charge < -0.3 is 5.73 Å². The number of tetrazole rings is 1. The van der Waals surface area contributed by atoms with Crippen LogP contribution in [0.1, 0.15) is 39.2 Å². The Bertz CT molecular complexity index is 932. The van der Waals surface area contributed by atoms with Gasteiger partial charge in [-0.2, -0.15) is 0 Å². The lowest BCUT2D eigenvalue weighted by molar-refractivity contribution is -0.134. The first-order valence-corrected chi connectivity index (χ1v) is 10.4. The minimum atomic E-state index is -1.19. The molecule has 3 atom stereocenters. The van der Waals surface area contributed by atoms with E-state index in [-0.39, 0.29) is 24.9 Å². The maximum Gasteiger partial charge on any atom is 0.244 e. The molecule has 2 amide bonds. The minimum Gasteiger partial charge on any atom is -0.320 e. The number of likely N-dealkylation sites (tertiary alicyclic amines) is 1. The molecule has 0 saturated carbocycles. The quantitative estimate of drug-likeness (QED) is 0.685. The number of alkyl halides is 1. The zero-order valence-electron chi connectivity index (χ0n) is 17.8. The second kappa shape index (κ2) is 9.37. The van der Waals surface area contributed by atoms with Gasteiger partial charge in [-0.1, -0.05) is 32.4 Å². The number of carbonyl (C=O) groups is 2. The van der Waals surface area contributed by atoms with Gasteiger partial charge in [0.25, 0.3) is 0 Å². The first-order chi connectivity index (χ1) is 14.5. The second-order valence-electron chi connectivity index (χ2n) is 9.03. The Morgan fingerprint density at radius 3 is 2.77 bits per heavy atom. The molecule has 2 aromatic rings. The molecule has 0 aliphatic carbocycles. The number of nitrogens with zero attached hydrogens (tertiary/aromatic N) is 5. The second-order valence-corrected chi connectivity index (χ2v) is 9.47. The summed E-state index contributed by atoms with van der Waals surface area (Å²) in [6, 6.07) is 3.55. The fourth-order valence-electron chi connectivity index (χ4n) is 3.74. The van der Waals surface area contributed by atoms with Crippen LogP contribution in [0.2, 0.25) is 5.02 Å². The van der Waals surface area contributed by atoms with Crippen LogP contribution in [0.4, 0.5) is 4.39 Å². The average Bonchev–Trinajstić information content (AvgIpc) is 3.30. The summed E-state index contributed by atoms with van der Waals surface area (Å²) in [4.78, 5) is 26.9. The molecule has 1 aliphatic rings. The Hall–Kier alpha value is -2.43. The smallest absolute Gasteiger partial charge is 0.244 e. The number of amides is 2. The van der Waals surface area contributed by atoms with Crippen molar-refractivity contribution in [3.05, 3.63) is 35.1 Å². The summed E-state index contributed by atoms with van der Waals surface area (Å²) in [6.45, 7) is 6.17. The van der Waals surface area contributed by atoms with Crippen LogP contribution >= 0.6 is 11.6 Å². The number of nitrogens with two attached hydrogens (primary N) is 1. The van der Waals surface area contributed by atoms with Gasteiger partial charge in [-0.3, -0.25) is 19.8 Å². The zero-order valence-corrected chi connectivity index (χ0v) is 18.5. The van der Waals surface area contributed by atoms with Crippen LogP contribution in [-0.2, 0) is 16.1 Å². The third-order valence-corrected chi connectivity index (χ3v) is 5.32. The zero-order chi connectivity index (χ0) is 22.8. The molecule has 0 bridgehead atoms. The maximum absolute atomic E-state index is 14.3. The van der Waals surface area contributed by atoms with Crippen LogP contribution in [-0.4, -0.2) is 61.7 Å². The number of carbonyl (C=O) groups excluding carboxylic acids is 2. The van der Waals surface area contributed by atoms with E-state index in [0.29, 0.717) is 17.1 Å². The van der Waals surface area contributed by atoms with Gasteiger partial charge in [0.2, 0.25) is 11.8 Å². The summed E-state index contributed by atoms with van der Waals surface area (Å²) >= 11 is 6.16. The van der Waals surface area contributed by atoms with E-state index in [4.69, 9.17) is 17.3 Å². The van der Waals surface area contributed by atoms with Gasteiger partial charge >= 0.3 is 0 Å². The van der Waals surface area contributed by atoms with Crippen LogP contribution < -0.4 is 11.1 Å². The molecule has 31 heavy (non-hydrogen) atoms. The molecule has 0 radical (unpaired) electrons. The van der Waals surface area contributed by atoms with E-state index in [1.165, 1.54) is 11.0 Å². The SMILES string of the molecule is CC(C)(C)C[C@@H](N)C(=O)NC(=O)C1C[C@H](F)CN1Cc1cc(Cl)ccc1-n1cnnn1. The van der Waals surface area contributed by atoms with E-state index >= 15 is 0 Å². The lowest BCUT2D eigenvalue weighted by Crippen LogP contribution is -2.50. The van der Waals surface area contributed by atoms with E-state index in [0.717, 1.165) is 5.56 Å². The molecule has 11 heteroatoms. The molecule has 168 valence electrons. The monoisotopic (exact) mass is 451 g/mol. The van der Waals surface area contributed by atoms with Crippen molar-refractivity contribution in [1.82, 2.24) is 30.4 Å². The van der Waals surface area contributed by atoms with Crippen molar-refractivity contribution in [3.8, 4) is 5.69 Å². The number of hydrogen-bond donors (Lipinski definition) is 2. The van der Waals surface area contributed by atoms with Crippen LogP contribution in [0.3, 0.4) is 0 Å². The lowest BCUT2D eigenvalue weighted by Gasteiger charge is -2.26. The summed E-state index contributed by atoms with van der Waals surface area (Å²) in [5, 5.41) is 14.0. The fraction of sp³-hybridized carbons (Fsp3) is 0.550. The number of imide groups is 1. The predicted octanol–water partition coefficient (Wildman–Crippen LogP) is 1.63. The average molecular weight is 452 g/mol. The molecule has 1 fully saturated rings. The molecule has 9 nitrogen and oxygen atoms in total. The van der Waals surface area contributed by atoms with Gasteiger partial charge in [-0.05, 0) is 46.0 Å². The van der Waals surface area contributed by atoms with Crippen molar-refractivity contribution in [2.75, 3.05) is 6.54 Å². The standard InChI is InChI=1S/C20H27ClFN7O2/c1-20(2,3)8-15(23)18(30)25-19(31)17-7-14(22)10-28(17)9-12-6-13(21)4-5-16(12)29-11-24-26-27-29/h4-6,11,14-15,17H,7-10,23H2,1-3H3,(H,25,30,31)/t14-,15+,17?/m0/s1. The molecule has 1 aromatic carbocycles. The molecule has 1 aliphatic heterocycles. The summed E-state index contributed by atoms with van der Waals surface area (Å²) in [6.07, 6.45) is 0.664. The first kappa shape index (κ1) is 23.2. The Labute approximate surface area is 185 Å². The summed E-state index contributed by atoms with van der Waals surface area (Å²) < 4.78 is 15.7. The minimum absolute atomic E-state index is 0.00555. The van der Waals surface area contributed by atoms with Crippen molar-refractivity contribution in [2.24, 2.45) is 11.1 Å². The first-order valence-electron chi connectivity index (χ1n) is 10.0. The molecule has 0 spiro atoms. The number of benzene rings is 1. The highest BCUT2D eigenvalue weighted by Gasteiger charge is 2.38. The number of hydrogen-bond acceptors (Lipinski definition) is 7. The number of nitrogens with one attached hydrogen (secondary N) is 1. The summed E-state index contributed by atoms with van der Waals surface area (Å²) in [5.41, 5.74) is 7.16. The summed E-state index contributed by atoms with van der Waals surface area (Å²) in [5.74, 6) is -1.11. The van der Waals surface area contributed by atoms with Gasteiger partial charge in [0, 0.05) is 24.5 Å². The molecule has 2 heterocycles. The van der Waals surface area contributed by atoms with E-state index < -0.39 is 30.1 Å². The largest absolute Gasteiger partial charge is 0.320 e. The fourth-order valence-corrected chi connectivity index (χ4v) is 3.93. The molecular formula is C20H27ClFN7O2. The lowest BCUT2D eigenvalue weighted by atomic mass is 9.88. The molecule has 3 N–H and O–H groups in total. The van der Waals surface area contributed by atoms with Crippen molar-refractivity contribution in [1.29, 1.82) is 0 Å². The Morgan fingerprint density at radius 2 is 2.13 bits per heavy atom. The number of rotatable bonds is 6. The third kappa shape index (κ3) is 6.05. The van der Waals surface area contributed by atoms with E-state index in [1.807, 2.05) is 20.8 Å². The highest BCUT2D eigenvalue weighted by molar-refractivity contribution is 6.30. The van der Waals surface area contributed by atoms with Crippen molar-refractivity contribution < 1.29 is 14.0 Å². The normalized spacial score (nSPS) is 20.6. The van der Waals surface area contributed by atoms with Crippen LogP contribution in [0, 0.1) is 5.41 Å². The van der Waals surface area contributed by atoms with Crippen LogP contribution in [0.5, 0.6) is 0 Å². The van der Waals surface area contributed by atoms with Gasteiger partial charge in [0.15, 0.2) is 0 Å². The number of aromatic nitrogens is 4. The number of halogens is 2. The summed E-state index contributed by atoms with van der Waals surface area (Å²) in [7, 11) is 0. The van der Waals surface area contributed by atoms with Crippen molar-refractivity contribution in [2.45, 2.75) is 58.4 Å². The molecule has 1 saturated heterocycles. The van der Waals surface area contributed by atoms with Crippen LogP contribution in [0.15, 0.2) is 24.5 Å². The van der Waals surface area contributed by atoms with Crippen LogP contribution in [0.25, 0.3) is 5.69 Å². The molecular weight excluding hydrogens is 425 g/mol. The van der Waals surface area contributed by atoms with Crippen molar-refractivity contribution >= 4 is 23.4 Å². The van der Waals surface area contributed by atoms with Gasteiger partial charge in [0.1, 0.15) is 12.5 Å². The Balaban J connectivity index is 1.74. The van der Waals surface area contributed by atoms with E-state index in [1.54, 1.807) is 23.1 Å². The predicted molar refractivity (Wildman–Crippen MR) is 113 cm³/mol. The van der Waals surface area contributed by atoms with E-state index in [2.05, 4.69) is 20.8 Å². The molecule has 3 rings (SSSR count). The van der Waals surface area contributed by atoms with E-state index in [9.17, 15) is 14.0 Å². The topological polar surface area (TPSA) is 119 Å². The molecule has 1 unspecified atom stereocenters. The van der Waals surface area contributed by atoms with Crippen molar-refractivity contribution in [3.63, 3.8) is 0 Å². The Kier molecular flexibility index (Phi) is 7.03. The van der Waals surface area contributed by atoms with Gasteiger partial charge in [0.05, 0.1) is 17.8 Å². The van der Waals surface area contributed by atoms with Gasteiger partial charge in [-0.15, -0.1) is 5.10 Å². The van der Waals surface area contributed by atoms with Gasteiger partial charge in [-0.25, -0.2) is 9.07 Å². The molecule has 1 aromatic heterocycles. The maximum atomic E-state index is 14.3. The Morgan fingerprint density at radius 1 is 1.39 bits per heavy atom. The highest BCUT2D eigenvalue weighted by atomic mass is 35.5. The third-order valence-electron chi connectivity index (χ3n) is 5.08. The highest BCUT2D eigenvalue weighted by Crippen LogP contribution is 2.27.